The molecule has 3 aromatic rings. The molecule has 0 bridgehead atoms. The summed E-state index contributed by atoms with van der Waals surface area (Å²) in [6.07, 6.45) is 0. The predicted molar refractivity (Wildman–Crippen MR) is 120 cm³/mol. The molecule has 1 N–H and O–H groups in total. The molecule has 3 rings (SSSR count). The Balaban J connectivity index is 1.85. The SMILES string of the molecule is CCOc1c(I)cc(C(=O)Nc2cccc(C)c2)cc1OCc1ccccc1. The van der Waals surface area contributed by atoms with Crippen molar-refractivity contribution >= 4 is 34.2 Å². The lowest BCUT2D eigenvalue weighted by molar-refractivity contribution is 0.102. The van der Waals surface area contributed by atoms with E-state index in [-0.39, 0.29) is 5.91 Å². The molecular weight excluding hydrogens is 465 g/mol. The summed E-state index contributed by atoms with van der Waals surface area (Å²) < 4.78 is 12.6. The van der Waals surface area contributed by atoms with Crippen molar-refractivity contribution in [2.24, 2.45) is 0 Å². The molecule has 0 heterocycles. The third kappa shape index (κ3) is 5.25. The molecule has 0 aromatic heterocycles. The number of carbonyl (C=O) groups excluding carboxylic acids is 1. The zero-order chi connectivity index (χ0) is 19.9. The van der Waals surface area contributed by atoms with Gasteiger partial charge in [-0.1, -0.05) is 42.5 Å². The highest BCUT2D eigenvalue weighted by Gasteiger charge is 2.16. The van der Waals surface area contributed by atoms with Crippen LogP contribution in [0.15, 0.2) is 66.7 Å². The minimum absolute atomic E-state index is 0.184. The zero-order valence-corrected chi connectivity index (χ0v) is 18.0. The molecule has 28 heavy (non-hydrogen) atoms. The monoisotopic (exact) mass is 487 g/mol. The van der Waals surface area contributed by atoms with Gasteiger partial charge in [-0.2, -0.15) is 0 Å². The van der Waals surface area contributed by atoms with E-state index >= 15 is 0 Å². The molecule has 5 heteroatoms. The van der Waals surface area contributed by atoms with Crippen LogP contribution in [0.2, 0.25) is 0 Å². The van der Waals surface area contributed by atoms with Gasteiger partial charge in [0.1, 0.15) is 6.61 Å². The van der Waals surface area contributed by atoms with Crippen LogP contribution in [-0.4, -0.2) is 12.5 Å². The van der Waals surface area contributed by atoms with Gasteiger partial charge in [-0.25, -0.2) is 0 Å². The minimum atomic E-state index is -0.184. The first-order chi connectivity index (χ1) is 13.6. The van der Waals surface area contributed by atoms with Crippen molar-refractivity contribution in [3.63, 3.8) is 0 Å². The van der Waals surface area contributed by atoms with Gasteiger partial charge in [-0.3, -0.25) is 4.79 Å². The summed E-state index contributed by atoms with van der Waals surface area (Å²) in [7, 11) is 0. The molecule has 0 aliphatic carbocycles. The maximum absolute atomic E-state index is 12.8. The van der Waals surface area contributed by atoms with E-state index in [2.05, 4.69) is 27.9 Å². The number of carbonyl (C=O) groups is 1. The molecule has 0 aliphatic heterocycles. The number of aryl methyl sites for hydroxylation is 1. The number of rotatable bonds is 7. The van der Waals surface area contributed by atoms with Crippen LogP contribution in [0, 0.1) is 10.5 Å². The third-order valence-corrected chi connectivity index (χ3v) is 4.87. The molecule has 0 fully saturated rings. The molecular formula is C23H22INO3. The van der Waals surface area contributed by atoms with Crippen LogP contribution in [0.3, 0.4) is 0 Å². The van der Waals surface area contributed by atoms with Gasteiger partial charge in [0.25, 0.3) is 5.91 Å². The summed E-state index contributed by atoms with van der Waals surface area (Å²) in [6, 6.07) is 21.2. The van der Waals surface area contributed by atoms with Gasteiger partial charge in [-0.05, 0) is 71.8 Å². The number of anilines is 1. The van der Waals surface area contributed by atoms with Gasteiger partial charge in [0.05, 0.1) is 10.2 Å². The minimum Gasteiger partial charge on any atom is -0.489 e. The summed E-state index contributed by atoms with van der Waals surface area (Å²) >= 11 is 2.17. The Bertz CT molecular complexity index is 957. The van der Waals surface area contributed by atoms with Crippen molar-refractivity contribution in [2.45, 2.75) is 20.5 Å². The Morgan fingerprint density at radius 3 is 2.50 bits per heavy atom. The second-order valence-electron chi connectivity index (χ2n) is 6.32. The fraction of sp³-hybridized carbons (Fsp3) is 0.174. The Labute approximate surface area is 179 Å². The number of nitrogens with one attached hydrogen (secondary N) is 1. The van der Waals surface area contributed by atoms with E-state index in [4.69, 9.17) is 9.47 Å². The van der Waals surface area contributed by atoms with Crippen molar-refractivity contribution < 1.29 is 14.3 Å². The summed E-state index contributed by atoms with van der Waals surface area (Å²) in [5.41, 5.74) is 3.43. The fourth-order valence-corrected chi connectivity index (χ4v) is 3.51. The molecule has 1 amide bonds. The molecule has 144 valence electrons. The number of benzene rings is 3. The average molecular weight is 487 g/mol. The topological polar surface area (TPSA) is 47.6 Å². The molecule has 0 atom stereocenters. The van der Waals surface area contributed by atoms with E-state index in [1.54, 1.807) is 6.07 Å². The largest absolute Gasteiger partial charge is 0.489 e. The van der Waals surface area contributed by atoms with Crippen molar-refractivity contribution in [2.75, 3.05) is 11.9 Å². The quantitative estimate of drug-likeness (QED) is 0.427. The van der Waals surface area contributed by atoms with Crippen LogP contribution < -0.4 is 14.8 Å². The molecule has 0 spiro atoms. The summed E-state index contributed by atoms with van der Waals surface area (Å²) in [5, 5.41) is 2.94. The van der Waals surface area contributed by atoms with Crippen molar-refractivity contribution in [3.05, 3.63) is 87.0 Å². The Morgan fingerprint density at radius 1 is 1.00 bits per heavy atom. The number of amides is 1. The second-order valence-corrected chi connectivity index (χ2v) is 7.48. The first kappa shape index (κ1) is 20.2. The lowest BCUT2D eigenvalue weighted by atomic mass is 10.1. The molecule has 0 radical (unpaired) electrons. The van der Waals surface area contributed by atoms with Crippen LogP contribution in [0.25, 0.3) is 0 Å². The third-order valence-electron chi connectivity index (χ3n) is 4.07. The van der Waals surface area contributed by atoms with Crippen LogP contribution in [0.5, 0.6) is 11.5 Å². The number of hydrogen-bond acceptors (Lipinski definition) is 3. The van der Waals surface area contributed by atoms with E-state index < -0.39 is 0 Å². The van der Waals surface area contributed by atoms with Gasteiger partial charge in [0, 0.05) is 11.3 Å². The van der Waals surface area contributed by atoms with Crippen molar-refractivity contribution in [1.82, 2.24) is 0 Å². The van der Waals surface area contributed by atoms with Crippen LogP contribution >= 0.6 is 22.6 Å². The molecule has 0 saturated carbocycles. The lowest BCUT2D eigenvalue weighted by Gasteiger charge is -2.15. The van der Waals surface area contributed by atoms with E-state index in [1.807, 2.05) is 74.5 Å². The van der Waals surface area contributed by atoms with E-state index in [0.717, 1.165) is 20.4 Å². The fourth-order valence-electron chi connectivity index (χ4n) is 2.75. The van der Waals surface area contributed by atoms with Crippen molar-refractivity contribution in [1.29, 1.82) is 0 Å². The highest BCUT2D eigenvalue weighted by molar-refractivity contribution is 14.1. The van der Waals surface area contributed by atoms with Crippen molar-refractivity contribution in [3.8, 4) is 11.5 Å². The number of ether oxygens (including phenoxy) is 2. The normalized spacial score (nSPS) is 10.4. The molecule has 0 saturated heterocycles. The maximum Gasteiger partial charge on any atom is 0.255 e. The first-order valence-electron chi connectivity index (χ1n) is 9.08. The highest BCUT2D eigenvalue weighted by Crippen LogP contribution is 2.35. The average Bonchev–Trinajstić information content (AvgIpc) is 2.69. The molecule has 4 nitrogen and oxygen atoms in total. The van der Waals surface area contributed by atoms with Gasteiger partial charge in [0.2, 0.25) is 0 Å². The van der Waals surface area contributed by atoms with Gasteiger partial charge in [0.15, 0.2) is 11.5 Å². The second kappa shape index (κ2) is 9.59. The number of hydrogen-bond donors (Lipinski definition) is 1. The van der Waals surface area contributed by atoms with Crippen LogP contribution in [0.4, 0.5) is 5.69 Å². The van der Waals surface area contributed by atoms with E-state index in [9.17, 15) is 4.79 Å². The summed E-state index contributed by atoms with van der Waals surface area (Å²) in [6.45, 7) is 4.84. The maximum atomic E-state index is 12.8. The lowest BCUT2D eigenvalue weighted by Crippen LogP contribution is -2.13. The van der Waals surface area contributed by atoms with E-state index in [0.29, 0.717) is 30.3 Å². The highest BCUT2D eigenvalue weighted by atomic mass is 127. The predicted octanol–water partition coefficient (Wildman–Crippen LogP) is 5.83. The smallest absolute Gasteiger partial charge is 0.255 e. The number of halogens is 1. The molecule has 0 unspecified atom stereocenters. The molecule has 0 aliphatic rings. The van der Waals surface area contributed by atoms with Gasteiger partial charge < -0.3 is 14.8 Å². The van der Waals surface area contributed by atoms with E-state index in [1.165, 1.54) is 0 Å². The zero-order valence-electron chi connectivity index (χ0n) is 15.9. The Morgan fingerprint density at radius 2 is 1.79 bits per heavy atom. The Hall–Kier alpha value is -2.54. The first-order valence-corrected chi connectivity index (χ1v) is 10.2. The summed E-state index contributed by atoms with van der Waals surface area (Å²) in [4.78, 5) is 12.8. The Kier molecular flexibility index (Phi) is 6.92. The van der Waals surface area contributed by atoms with Crippen LogP contribution in [-0.2, 0) is 6.61 Å². The van der Waals surface area contributed by atoms with Crippen LogP contribution in [0.1, 0.15) is 28.4 Å². The van der Waals surface area contributed by atoms with Gasteiger partial charge >= 0.3 is 0 Å². The standard InChI is InChI=1S/C23H22INO3/c1-3-27-22-20(24)13-18(23(26)25-19-11-7-8-16(2)12-19)14-21(22)28-15-17-9-5-4-6-10-17/h4-14H,3,15H2,1-2H3,(H,25,26). The molecule has 3 aromatic carbocycles. The van der Waals surface area contributed by atoms with Gasteiger partial charge in [-0.15, -0.1) is 0 Å². The summed E-state index contributed by atoms with van der Waals surface area (Å²) in [5.74, 6) is 1.04.